The van der Waals surface area contributed by atoms with Crippen LogP contribution in [0.3, 0.4) is 0 Å². The fourth-order valence-electron chi connectivity index (χ4n) is 2.74. The van der Waals surface area contributed by atoms with Crippen molar-refractivity contribution >= 4 is 23.0 Å². The summed E-state index contributed by atoms with van der Waals surface area (Å²) in [6, 6.07) is 2.56. The number of pyridine rings is 1. The van der Waals surface area contributed by atoms with Crippen LogP contribution < -0.4 is 10.6 Å². The van der Waals surface area contributed by atoms with Crippen molar-refractivity contribution in [1.29, 1.82) is 0 Å². The Hall–Kier alpha value is -1.16. The maximum absolute atomic E-state index is 5.88. The van der Waals surface area contributed by atoms with Crippen molar-refractivity contribution in [2.45, 2.75) is 46.1 Å². The molecule has 0 amide bonds. The van der Waals surface area contributed by atoms with Gasteiger partial charge in [0, 0.05) is 18.3 Å². The third-order valence-electron chi connectivity index (χ3n) is 3.65. The molecule has 2 heterocycles. The number of aromatic nitrogens is 1. The summed E-state index contributed by atoms with van der Waals surface area (Å²) in [6.07, 6.45) is 3.73. The van der Waals surface area contributed by atoms with Crippen LogP contribution in [-0.4, -0.2) is 22.6 Å². The average Bonchev–Trinajstić information content (AvgIpc) is 2.27. The van der Waals surface area contributed by atoms with Crippen LogP contribution in [0.2, 0.25) is 0 Å². The molecule has 1 aromatic heterocycles. The monoisotopic (exact) mass is 263 g/mol. The van der Waals surface area contributed by atoms with Crippen molar-refractivity contribution in [2.75, 3.05) is 11.4 Å². The first-order chi connectivity index (χ1) is 8.50. The maximum atomic E-state index is 5.88. The van der Waals surface area contributed by atoms with E-state index in [1.807, 2.05) is 13.0 Å². The highest BCUT2D eigenvalue weighted by atomic mass is 32.1. The Labute approximate surface area is 114 Å². The number of aryl methyl sites for hydroxylation is 2. The van der Waals surface area contributed by atoms with Crippen LogP contribution in [0, 0.1) is 13.8 Å². The van der Waals surface area contributed by atoms with Crippen molar-refractivity contribution in [1.82, 2.24) is 4.98 Å². The van der Waals surface area contributed by atoms with E-state index in [4.69, 9.17) is 18.0 Å². The van der Waals surface area contributed by atoms with E-state index in [1.165, 1.54) is 19.3 Å². The molecule has 0 radical (unpaired) electrons. The molecule has 1 aliphatic heterocycles. The second kappa shape index (κ2) is 5.22. The lowest BCUT2D eigenvalue weighted by molar-refractivity contribution is 0.480. The molecule has 0 saturated carbocycles. The highest BCUT2D eigenvalue weighted by Gasteiger charge is 2.24. The molecule has 3 nitrogen and oxygen atoms in total. The zero-order valence-electron chi connectivity index (χ0n) is 11.4. The molecule has 1 fully saturated rings. The molecule has 1 unspecified atom stereocenters. The molecule has 2 rings (SSSR count). The number of hydrogen-bond acceptors (Lipinski definition) is 3. The number of rotatable bonds is 2. The van der Waals surface area contributed by atoms with Gasteiger partial charge in [0.25, 0.3) is 0 Å². The van der Waals surface area contributed by atoms with E-state index in [0.29, 0.717) is 11.0 Å². The molecule has 0 aromatic carbocycles. The van der Waals surface area contributed by atoms with Gasteiger partial charge in [-0.05, 0) is 51.7 Å². The minimum absolute atomic E-state index is 0.452. The van der Waals surface area contributed by atoms with Crippen molar-refractivity contribution < 1.29 is 0 Å². The van der Waals surface area contributed by atoms with Crippen LogP contribution in [0.15, 0.2) is 6.07 Å². The molecule has 18 heavy (non-hydrogen) atoms. The maximum Gasteiger partial charge on any atom is 0.139 e. The van der Waals surface area contributed by atoms with E-state index in [-0.39, 0.29) is 0 Å². The van der Waals surface area contributed by atoms with Crippen LogP contribution in [0.1, 0.15) is 43.0 Å². The Morgan fingerprint density at radius 1 is 1.44 bits per heavy atom. The van der Waals surface area contributed by atoms with Gasteiger partial charge in [-0.3, -0.25) is 0 Å². The number of anilines is 1. The SMILES string of the molecule is Cc1cc(C)c(C(N)=S)c(N2CCCCC2C)n1. The van der Waals surface area contributed by atoms with E-state index < -0.39 is 0 Å². The number of thiocarbonyl (C=S) groups is 1. The zero-order valence-corrected chi connectivity index (χ0v) is 12.2. The molecule has 4 heteroatoms. The second-order valence-corrected chi connectivity index (χ2v) is 5.62. The molecular formula is C14H21N3S. The van der Waals surface area contributed by atoms with Crippen molar-refractivity contribution in [2.24, 2.45) is 5.73 Å². The number of hydrogen-bond donors (Lipinski definition) is 1. The predicted octanol–water partition coefficient (Wildman–Crippen LogP) is 2.71. The van der Waals surface area contributed by atoms with E-state index in [9.17, 15) is 0 Å². The summed E-state index contributed by atoms with van der Waals surface area (Å²) in [5.41, 5.74) is 8.99. The fourth-order valence-corrected chi connectivity index (χ4v) is 2.99. The summed E-state index contributed by atoms with van der Waals surface area (Å²) in [5.74, 6) is 0.979. The molecule has 1 atom stereocenters. The average molecular weight is 263 g/mol. The van der Waals surface area contributed by atoms with Gasteiger partial charge >= 0.3 is 0 Å². The fraction of sp³-hybridized carbons (Fsp3) is 0.571. The molecule has 0 spiro atoms. The van der Waals surface area contributed by atoms with E-state index in [1.54, 1.807) is 0 Å². The normalized spacial score (nSPS) is 19.9. The largest absolute Gasteiger partial charge is 0.389 e. The number of nitrogens with two attached hydrogens (primary N) is 1. The standard InChI is InChI=1S/C14H21N3S/c1-9-8-10(2)16-14(12(9)13(15)18)17-7-5-4-6-11(17)3/h8,11H,4-7H2,1-3H3,(H2,15,18). The van der Waals surface area contributed by atoms with E-state index in [0.717, 1.165) is 29.2 Å². The Bertz CT molecular complexity index is 470. The Morgan fingerprint density at radius 3 is 2.78 bits per heavy atom. The summed E-state index contributed by atoms with van der Waals surface area (Å²) < 4.78 is 0. The lowest BCUT2D eigenvalue weighted by Gasteiger charge is -2.36. The second-order valence-electron chi connectivity index (χ2n) is 5.18. The van der Waals surface area contributed by atoms with Crippen LogP contribution in [-0.2, 0) is 0 Å². The molecule has 0 bridgehead atoms. The summed E-state index contributed by atoms with van der Waals surface area (Å²) in [6.45, 7) is 7.38. The van der Waals surface area contributed by atoms with Crippen LogP contribution in [0.25, 0.3) is 0 Å². The Kier molecular flexibility index (Phi) is 3.85. The molecule has 0 aliphatic carbocycles. The van der Waals surface area contributed by atoms with Gasteiger partial charge in [-0.25, -0.2) is 4.98 Å². The smallest absolute Gasteiger partial charge is 0.139 e. The lowest BCUT2D eigenvalue weighted by atomic mass is 10.0. The van der Waals surface area contributed by atoms with Gasteiger partial charge in [0.05, 0.1) is 5.56 Å². The Balaban J connectivity index is 2.50. The van der Waals surface area contributed by atoms with Gasteiger partial charge < -0.3 is 10.6 Å². The summed E-state index contributed by atoms with van der Waals surface area (Å²) in [7, 11) is 0. The van der Waals surface area contributed by atoms with Crippen molar-refractivity contribution in [3.8, 4) is 0 Å². The van der Waals surface area contributed by atoms with E-state index in [2.05, 4.69) is 23.7 Å². The first-order valence-corrected chi connectivity index (χ1v) is 6.96. The highest BCUT2D eigenvalue weighted by Crippen LogP contribution is 2.28. The lowest BCUT2D eigenvalue weighted by Crippen LogP contribution is -2.39. The van der Waals surface area contributed by atoms with Crippen LogP contribution in [0.5, 0.6) is 0 Å². The highest BCUT2D eigenvalue weighted by molar-refractivity contribution is 7.80. The number of piperidine rings is 1. The van der Waals surface area contributed by atoms with Crippen LogP contribution >= 0.6 is 12.2 Å². The molecular weight excluding hydrogens is 242 g/mol. The summed E-state index contributed by atoms with van der Waals surface area (Å²) in [5, 5.41) is 0. The molecule has 2 N–H and O–H groups in total. The number of nitrogens with zero attached hydrogens (tertiary/aromatic N) is 2. The minimum atomic E-state index is 0.452. The van der Waals surface area contributed by atoms with Gasteiger partial charge in [-0.1, -0.05) is 12.2 Å². The quantitative estimate of drug-likeness (QED) is 0.833. The first kappa shape index (κ1) is 13.3. The van der Waals surface area contributed by atoms with Crippen LogP contribution in [0.4, 0.5) is 5.82 Å². The van der Waals surface area contributed by atoms with Gasteiger partial charge in [-0.15, -0.1) is 0 Å². The Morgan fingerprint density at radius 2 is 2.17 bits per heavy atom. The van der Waals surface area contributed by atoms with Gasteiger partial charge in [0.15, 0.2) is 0 Å². The van der Waals surface area contributed by atoms with Crippen molar-refractivity contribution in [3.63, 3.8) is 0 Å². The summed E-state index contributed by atoms with van der Waals surface area (Å²) >= 11 is 5.20. The molecule has 1 saturated heterocycles. The summed E-state index contributed by atoms with van der Waals surface area (Å²) in [4.78, 5) is 7.50. The van der Waals surface area contributed by atoms with Gasteiger partial charge in [-0.2, -0.15) is 0 Å². The van der Waals surface area contributed by atoms with E-state index >= 15 is 0 Å². The van der Waals surface area contributed by atoms with Gasteiger partial charge in [0.1, 0.15) is 10.8 Å². The van der Waals surface area contributed by atoms with Gasteiger partial charge in [0.2, 0.25) is 0 Å². The minimum Gasteiger partial charge on any atom is -0.389 e. The molecule has 1 aliphatic rings. The topological polar surface area (TPSA) is 42.1 Å². The third-order valence-corrected chi connectivity index (χ3v) is 3.85. The van der Waals surface area contributed by atoms with Crippen molar-refractivity contribution in [3.05, 3.63) is 22.9 Å². The molecule has 98 valence electrons. The molecule has 1 aromatic rings. The third kappa shape index (κ3) is 2.48. The zero-order chi connectivity index (χ0) is 13.3. The predicted molar refractivity (Wildman–Crippen MR) is 80.3 cm³/mol. The first-order valence-electron chi connectivity index (χ1n) is 6.55.